The fourth-order valence-electron chi connectivity index (χ4n) is 3.46. The van der Waals surface area contributed by atoms with E-state index in [2.05, 4.69) is 5.32 Å². The van der Waals surface area contributed by atoms with E-state index in [1.165, 1.54) is 0 Å². The van der Waals surface area contributed by atoms with Crippen molar-refractivity contribution in [3.63, 3.8) is 0 Å². The molecule has 0 bridgehead atoms. The van der Waals surface area contributed by atoms with Crippen LogP contribution in [0.1, 0.15) is 23.6 Å². The predicted molar refractivity (Wildman–Crippen MR) is 127 cm³/mol. The first-order chi connectivity index (χ1) is 18.1. The molecule has 0 spiro atoms. The van der Waals surface area contributed by atoms with Crippen LogP contribution in [0.4, 0.5) is 41.2 Å². The monoisotopic (exact) mass is 563 g/mol. The Hall–Kier alpha value is -3.65. The van der Waals surface area contributed by atoms with Crippen LogP contribution in [0, 0.1) is 11.2 Å². The van der Waals surface area contributed by atoms with Gasteiger partial charge in [0.1, 0.15) is 11.4 Å². The maximum Gasteiger partial charge on any atom is 0.420 e. The number of ether oxygens (including phenoxy) is 3. The summed E-state index contributed by atoms with van der Waals surface area (Å²) in [7, 11) is 1.12. The average molecular weight is 563 g/mol. The summed E-state index contributed by atoms with van der Waals surface area (Å²) in [5.41, 5.74) is -5.22. The summed E-state index contributed by atoms with van der Waals surface area (Å²) >= 11 is 0. The lowest BCUT2D eigenvalue weighted by Gasteiger charge is -2.37. The van der Waals surface area contributed by atoms with Crippen molar-refractivity contribution in [1.29, 1.82) is 5.41 Å². The van der Waals surface area contributed by atoms with Crippen molar-refractivity contribution in [2.75, 3.05) is 38.3 Å². The summed E-state index contributed by atoms with van der Waals surface area (Å²) in [4.78, 5) is 13.5. The van der Waals surface area contributed by atoms with E-state index < -0.39 is 57.9 Å². The summed E-state index contributed by atoms with van der Waals surface area (Å²) in [6.07, 6.45) is -10.4. The van der Waals surface area contributed by atoms with Crippen LogP contribution in [0.3, 0.4) is 0 Å². The number of benzene rings is 2. The minimum atomic E-state index is -5.37. The maximum atomic E-state index is 14.0. The van der Waals surface area contributed by atoms with Crippen LogP contribution in [0.5, 0.6) is 5.75 Å². The summed E-state index contributed by atoms with van der Waals surface area (Å²) in [5.74, 6) is -1.87. The van der Waals surface area contributed by atoms with E-state index in [4.69, 9.17) is 19.6 Å². The summed E-state index contributed by atoms with van der Waals surface area (Å²) in [6, 6.07) is 4.48. The molecule has 0 unspecified atom stereocenters. The van der Waals surface area contributed by atoms with Crippen molar-refractivity contribution >= 4 is 23.6 Å². The van der Waals surface area contributed by atoms with Gasteiger partial charge >= 0.3 is 18.4 Å². The molecule has 14 heteroatoms. The number of carbonyl (C=O) groups excluding carboxylic acids is 1. The zero-order valence-electron chi connectivity index (χ0n) is 20.7. The third kappa shape index (κ3) is 7.47. The molecule has 39 heavy (non-hydrogen) atoms. The Kier molecular flexibility index (Phi) is 8.91. The van der Waals surface area contributed by atoms with Crippen LogP contribution in [0.2, 0.25) is 0 Å². The predicted octanol–water partition coefficient (Wildman–Crippen LogP) is 5.88. The van der Waals surface area contributed by atoms with Gasteiger partial charge in [0.05, 0.1) is 30.9 Å². The molecule has 1 heterocycles. The number of carbonyl (C=O) groups is 1. The molecule has 0 radical (unpaired) electrons. The van der Waals surface area contributed by atoms with Crippen LogP contribution in [0.25, 0.3) is 5.57 Å². The Morgan fingerprint density at radius 1 is 1.13 bits per heavy atom. The smallest absolute Gasteiger partial charge is 0.409 e. The van der Waals surface area contributed by atoms with E-state index in [0.29, 0.717) is 25.5 Å². The number of alkyl halides is 6. The van der Waals surface area contributed by atoms with Gasteiger partial charge in [-0.15, -0.1) is 0 Å². The van der Waals surface area contributed by atoms with E-state index in [-0.39, 0.29) is 24.9 Å². The van der Waals surface area contributed by atoms with Gasteiger partial charge in [0.2, 0.25) is 0 Å². The number of amides is 1. The van der Waals surface area contributed by atoms with Gasteiger partial charge in [-0.1, -0.05) is 0 Å². The van der Waals surface area contributed by atoms with Crippen LogP contribution < -0.4 is 15.0 Å². The first-order valence-electron chi connectivity index (χ1n) is 11.3. The molecule has 1 amide bonds. The van der Waals surface area contributed by atoms with Crippen molar-refractivity contribution in [2.45, 2.75) is 24.9 Å². The molecule has 0 saturated carbocycles. The zero-order valence-corrected chi connectivity index (χ0v) is 20.7. The number of nitrogens with one attached hydrogen (secondary N) is 2. The number of hydrogen-bond donors (Lipinski definition) is 2. The van der Waals surface area contributed by atoms with Crippen molar-refractivity contribution in [2.24, 2.45) is 0 Å². The number of allylic oxidation sites excluding steroid dienone is 1. The first-order valence-corrected chi connectivity index (χ1v) is 11.3. The Labute approximate surface area is 218 Å². The lowest BCUT2D eigenvalue weighted by Crippen LogP contribution is -2.49. The molecule has 2 aromatic carbocycles. The molecule has 212 valence electrons. The minimum Gasteiger partial charge on any atom is -0.409 e. The molecule has 0 aromatic heterocycles. The SMILES string of the molecule is CN(C(=O)Oc1c(/C(C=N)=C/NCCOC2(C)COC2)cc(C(F)(F)F)cc1C(F)(F)F)c1ccc(F)cc1. The number of anilines is 1. The standard InChI is InChI=1S/C25H24F7N3O4/c1-23(13-37-14-23)38-8-7-34-12-15(11-33)19-9-16(24(27,28)29)10-20(25(30,31)32)21(19)39-22(36)35(2)18-5-3-17(26)4-6-18/h3-6,9-12,33-34H,7-8,13-14H2,1-2H3/b15-12+,33-11?. The highest BCUT2D eigenvalue weighted by molar-refractivity contribution is 6.10. The number of halogens is 7. The third-order valence-corrected chi connectivity index (χ3v) is 5.63. The Balaban J connectivity index is 1.99. The quantitative estimate of drug-likeness (QED) is 0.226. The Morgan fingerprint density at radius 2 is 1.77 bits per heavy atom. The highest BCUT2D eigenvalue weighted by atomic mass is 19.4. The second kappa shape index (κ2) is 11.6. The molecule has 1 saturated heterocycles. The average Bonchev–Trinajstić information content (AvgIpc) is 2.84. The van der Waals surface area contributed by atoms with Gasteiger partial charge in [-0.3, -0.25) is 4.90 Å². The summed E-state index contributed by atoms with van der Waals surface area (Å²) < 4.78 is 111. The topological polar surface area (TPSA) is 83.9 Å². The molecule has 0 atom stereocenters. The van der Waals surface area contributed by atoms with Crippen LogP contribution in [0.15, 0.2) is 42.6 Å². The zero-order chi connectivity index (χ0) is 29.0. The maximum absolute atomic E-state index is 14.0. The van der Waals surface area contributed by atoms with Crippen molar-refractivity contribution in [3.8, 4) is 5.75 Å². The minimum absolute atomic E-state index is 0.0402. The van der Waals surface area contributed by atoms with Crippen molar-refractivity contribution in [3.05, 3.63) is 65.1 Å². The van der Waals surface area contributed by atoms with Crippen LogP contribution >= 0.6 is 0 Å². The molecule has 2 aromatic rings. The largest absolute Gasteiger partial charge is 0.420 e. The van der Waals surface area contributed by atoms with E-state index in [9.17, 15) is 35.5 Å². The van der Waals surface area contributed by atoms with Gasteiger partial charge in [-0.05, 0) is 43.3 Å². The van der Waals surface area contributed by atoms with Crippen LogP contribution in [-0.4, -0.2) is 51.3 Å². The molecule has 0 aliphatic carbocycles. The van der Waals surface area contributed by atoms with E-state index in [0.717, 1.165) is 42.4 Å². The second-order valence-corrected chi connectivity index (χ2v) is 8.79. The van der Waals surface area contributed by atoms with Gasteiger partial charge in [-0.25, -0.2) is 9.18 Å². The van der Waals surface area contributed by atoms with Gasteiger partial charge in [0.15, 0.2) is 5.75 Å². The van der Waals surface area contributed by atoms with E-state index in [1.807, 2.05) is 0 Å². The highest BCUT2D eigenvalue weighted by Gasteiger charge is 2.41. The molecular weight excluding hydrogens is 539 g/mol. The summed E-state index contributed by atoms with van der Waals surface area (Å²) in [5, 5.41) is 10.3. The highest BCUT2D eigenvalue weighted by Crippen LogP contribution is 2.44. The fourth-order valence-corrected chi connectivity index (χ4v) is 3.46. The number of rotatable bonds is 9. The van der Waals surface area contributed by atoms with Crippen molar-refractivity contribution in [1.82, 2.24) is 5.32 Å². The second-order valence-electron chi connectivity index (χ2n) is 8.79. The molecular formula is C25H24F7N3O4. The summed E-state index contributed by atoms with van der Waals surface area (Å²) in [6.45, 7) is 2.78. The lowest BCUT2D eigenvalue weighted by molar-refractivity contribution is -0.197. The molecule has 3 rings (SSSR count). The third-order valence-electron chi connectivity index (χ3n) is 5.63. The number of nitrogens with zero attached hydrogens (tertiary/aromatic N) is 1. The first kappa shape index (κ1) is 29.9. The Morgan fingerprint density at radius 3 is 2.28 bits per heavy atom. The normalized spacial score (nSPS) is 15.4. The van der Waals surface area contributed by atoms with E-state index >= 15 is 0 Å². The molecule has 1 fully saturated rings. The molecule has 7 nitrogen and oxygen atoms in total. The van der Waals surface area contributed by atoms with Gasteiger partial charge in [0.25, 0.3) is 0 Å². The van der Waals surface area contributed by atoms with E-state index in [1.54, 1.807) is 6.92 Å². The van der Waals surface area contributed by atoms with Crippen molar-refractivity contribution < 1.29 is 49.7 Å². The Bertz CT molecular complexity index is 1220. The molecule has 2 N–H and O–H groups in total. The molecule has 1 aliphatic rings. The van der Waals surface area contributed by atoms with Crippen LogP contribution in [-0.2, 0) is 21.8 Å². The van der Waals surface area contributed by atoms with Gasteiger partial charge in [0, 0.05) is 42.8 Å². The van der Waals surface area contributed by atoms with Gasteiger partial charge < -0.3 is 24.9 Å². The lowest BCUT2D eigenvalue weighted by atomic mass is 9.98. The fraction of sp³-hybridized carbons (Fsp3) is 0.360. The van der Waals surface area contributed by atoms with Gasteiger partial charge in [-0.2, -0.15) is 26.3 Å². The molecule has 1 aliphatic heterocycles. The number of hydrogen-bond acceptors (Lipinski definition) is 6.